The molecule has 1 saturated heterocycles. The Morgan fingerprint density at radius 1 is 1.23 bits per heavy atom. The zero-order valence-electron chi connectivity index (χ0n) is 12.3. The van der Waals surface area contributed by atoms with Crippen LogP contribution in [0, 0.1) is 0 Å². The number of carbonyl (C=O) groups is 1. The topological polar surface area (TPSA) is 68.5 Å². The minimum absolute atomic E-state index is 0.00863. The summed E-state index contributed by atoms with van der Waals surface area (Å²) in [4.78, 5) is 18.2. The Morgan fingerprint density at radius 3 is 2.68 bits per heavy atom. The van der Waals surface area contributed by atoms with Crippen molar-refractivity contribution in [2.45, 2.75) is 18.6 Å². The zero-order chi connectivity index (χ0) is 15.4. The molecule has 2 atom stereocenters. The third-order valence-electron chi connectivity index (χ3n) is 3.83. The standard InChI is InChI=1S/C17H19N3O2/c18-16(13-4-2-1-3-5-13)17(21)20-11-8-15(12-20)22-14-6-9-19-10-7-14/h1-7,9-10,15-16H,8,11-12,18H2/t15-,16+/m0/s1. The van der Waals surface area contributed by atoms with Crippen molar-refractivity contribution in [2.75, 3.05) is 13.1 Å². The van der Waals surface area contributed by atoms with E-state index in [0.29, 0.717) is 13.1 Å². The molecule has 2 heterocycles. The third-order valence-corrected chi connectivity index (χ3v) is 3.83. The lowest BCUT2D eigenvalue weighted by Gasteiger charge is -2.21. The summed E-state index contributed by atoms with van der Waals surface area (Å²) >= 11 is 0. The van der Waals surface area contributed by atoms with E-state index < -0.39 is 6.04 Å². The molecule has 1 aromatic heterocycles. The van der Waals surface area contributed by atoms with Crippen LogP contribution in [0.25, 0.3) is 0 Å². The average molecular weight is 297 g/mol. The van der Waals surface area contributed by atoms with Crippen molar-refractivity contribution in [2.24, 2.45) is 5.73 Å². The molecule has 0 radical (unpaired) electrons. The molecule has 3 rings (SSSR count). The fraction of sp³-hybridized carbons (Fsp3) is 0.294. The summed E-state index contributed by atoms with van der Waals surface area (Å²) in [6, 6.07) is 12.5. The Labute approximate surface area is 129 Å². The molecule has 0 spiro atoms. The maximum absolute atomic E-state index is 12.5. The van der Waals surface area contributed by atoms with Crippen LogP contribution >= 0.6 is 0 Å². The monoisotopic (exact) mass is 297 g/mol. The van der Waals surface area contributed by atoms with Gasteiger partial charge in [-0.25, -0.2) is 0 Å². The molecule has 0 unspecified atom stereocenters. The number of carbonyl (C=O) groups excluding carboxylic acids is 1. The fourth-order valence-corrected chi connectivity index (χ4v) is 2.63. The molecule has 1 aromatic carbocycles. The van der Waals surface area contributed by atoms with Crippen molar-refractivity contribution < 1.29 is 9.53 Å². The number of ether oxygens (including phenoxy) is 1. The second kappa shape index (κ2) is 6.58. The highest BCUT2D eigenvalue weighted by Crippen LogP contribution is 2.20. The molecule has 5 heteroatoms. The molecule has 1 aliphatic rings. The maximum atomic E-state index is 12.5. The first-order chi connectivity index (χ1) is 10.7. The molecule has 0 saturated carbocycles. The lowest BCUT2D eigenvalue weighted by atomic mass is 10.1. The number of likely N-dealkylation sites (tertiary alicyclic amines) is 1. The highest BCUT2D eigenvalue weighted by Gasteiger charge is 2.30. The predicted octanol–water partition coefficient (Wildman–Crippen LogP) is 1.76. The van der Waals surface area contributed by atoms with Gasteiger partial charge in [0.05, 0.1) is 6.54 Å². The molecule has 1 fully saturated rings. The van der Waals surface area contributed by atoms with Gasteiger partial charge in [-0.15, -0.1) is 0 Å². The molecular formula is C17H19N3O2. The third kappa shape index (κ3) is 3.26. The Hall–Kier alpha value is -2.40. The number of pyridine rings is 1. The number of amides is 1. The van der Waals surface area contributed by atoms with E-state index in [9.17, 15) is 4.79 Å². The van der Waals surface area contributed by atoms with Gasteiger partial charge < -0.3 is 15.4 Å². The van der Waals surface area contributed by atoms with Crippen molar-refractivity contribution in [3.63, 3.8) is 0 Å². The van der Waals surface area contributed by atoms with Crippen LogP contribution in [0.5, 0.6) is 5.75 Å². The minimum Gasteiger partial charge on any atom is -0.488 e. The summed E-state index contributed by atoms with van der Waals surface area (Å²) in [5.41, 5.74) is 6.91. The van der Waals surface area contributed by atoms with Crippen LogP contribution in [0.15, 0.2) is 54.9 Å². The molecule has 1 aliphatic heterocycles. The van der Waals surface area contributed by atoms with E-state index in [0.717, 1.165) is 17.7 Å². The van der Waals surface area contributed by atoms with Crippen molar-refractivity contribution in [1.82, 2.24) is 9.88 Å². The SMILES string of the molecule is N[C@@H](C(=O)N1CC[C@H](Oc2ccncc2)C1)c1ccccc1. The Balaban J connectivity index is 1.59. The lowest BCUT2D eigenvalue weighted by molar-refractivity contribution is -0.131. The number of nitrogens with zero attached hydrogens (tertiary/aromatic N) is 2. The summed E-state index contributed by atoms with van der Waals surface area (Å²) in [6.45, 7) is 1.25. The van der Waals surface area contributed by atoms with Gasteiger partial charge in [0.25, 0.3) is 0 Å². The van der Waals surface area contributed by atoms with Gasteiger partial charge in [0.1, 0.15) is 17.9 Å². The van der Waals surface area contributed by atoms with Gasteiger partial charge in [-0.2, -0.15) is 0 Å². The van der Waals surface area contributed by atoms with Crippen molar-refractivity contribution in [1.29, 1.82) is 0 Å². The van der Waals surface area contributed by atoms with Crippen LogP contribution in [-0.2, 0) is 4.79 Å². The quantitative estimate of drug-likeness (QED) is 0.933. The summed E-state index contributed by atoms with van der Waals surface area (Å²) in [6.07, 6.45) is 4.21. The first kappa shape index (κ1) is 14.5. The Kier molecular flexibility index (Phi) is 4.34. The minimum atomic E-state index is -0.610. The molecule has 0 bridgehead atoms. The number of hydrogen-bond acceptors (Lipinski definition) is 4. The number of hydrogen-bond donors (Lipinski definition) is 1. The van der Waals surface area contributed by atoms with Crippen molar-refractivity contribution in [3.8, 4) is 5.75 Å². The molecule has 5 nitrogen and oxygen atoms in total. The van der Waals surface area contributed by atoms with E-state index >= 15 is 0 Å². The van der Waals surface area contributed by atoms with Gasteiger partial charge in [-0.05, 0) is 17.7 Å². The summed E-state index contributed by atoms with van der Waals surface area (Å²) < 4.78 is 5.87. The Morgan fingerprint density at radius 2 is 1.95 bits per heavy atom. The Bertz CT molecular complexity index is 618. The summed E-state index contributed by atoms with van der Waals surface area (Å²) in [5.74, 6) is 0.730. The van der Waals surface area contributed by atoms with E-state index in [4.69, 9.17) is 10.5 Å². The second-order valence-electron chi connectivity index (χ2n) is 5.38. The van der Waals surface area contributed by atoms with Crippen molar-refractivity contribution >= 4 is 5.91 Å². The number of nitrogens with two attached hydrogens (primary N) is 1. The van der Waals surface area contributed by atoms with Crippen molar-refractivity contribution in [3.05, 3.63) is 60.4 Å². The van der Waals surface area contributed by atoms with E-state index in [2.05, 4.69) is 4.98 Å². The molecule has 2 aromatic rings. The van der Waals surface area contributed by atoms with E-state index in [1.165, 1.54) is 0 Å². The molecule has 2 N–H and O–H groups in total. The van der Waals surface area contributed by atoms with Crippen LogP contribution in [0.4, 0.5) is 0 Å². The smallest absolute Gasteiger partial charge is 0.244 e. The second-order valence-corrected chi connectivity index (χ2v) is 5.38. The van der Waals surface area contributed by atoms with Gasteiger partial charge in [0, 0.05) is 25.4 Å². The van der Waals surface area contributed by atoms with Crippen LogP contribution in [0.1, 0.15) is 18.0 Å². The normalized spacial score (nSPS) is 19.0. The lowest BCUT2D eigenvalue weighted by Crippen LogP contribution is -2.38. The highest BCUT2D eigenvalue weighted by atomic mass is 16.5. The molecular weight excluding hydrogens is 278 g/mol. The number of benzene rings is 1. The first-order valence-electron chi connectivity index (χ1n) is 7.40. The summed E-state index contributed by atoms with van der Waals surface area (Å²) in [7, 11) is 0. The maximum Gasteiger partial charge on any atom is 0.244 e. The van der Waals surface area contributed by atoms with Crippen LogP contribution in [0.2, 0.25) is 0 Å². The van der Waals surface area contributed by atoms with E-state index in [1.54, 1.807) is 17.3 Å². The van der Waals surface area contributed by atoms with Crippen LogP contribution in [-0.4, -0.2) is 35.0 Å². The molecule has 114 valence electrons. The van der Waals surface area contributed by atoms with Gasteiger partial charge in [0.15, 0.2) is 0 Å². The van der Waals surface area contributed by atoms with E-state index in [1.807, 2.05) is 42.5 Å². The van der Waals surface area contributed by atoms with Crippen LogP contribution in [0.3, 0.4) is 0 Å². The van der Waals surface area contributed by atoms with Gasteiger partial charge >= 0.3 is 0 Å². The molecule has 0 aliphatic carbocycles. The number of rotatable bonds is 4. The zero-order valence-corrected chi connectivity index (χ0v) is 12.3. The van der Waals surface area contributed by atoms with Crippen LogP contribution < -0.4 is 10.5 Å². The predicted molar refractivity (Wildman–Crippen MR) is 83.2 cm³/mol. The summed E-state index contributed by atoms with van der Waals surface area (Å²) in [5, 5.41) is 0. The number of aromatic nitrogens is 1. The largest absolute Gasteiger partial charge is 0.488 e. The first-order valence-corrected chi connectivity index (χ1v) is 7.40. The van der Waals surface area contributed by atoms with Gasteiger partial charge in [-0.1, -0.05) is 30.3 Å². The van der Waals surface area contributed by atoms with Gasteiger partial charge in [0.2, 0.25) is 5.91 Å². The molecule has 22 heavy (non-hydrogen) atoms. The average Bonchev–Trinajstić information content (AvgIpc) is 3.04. The molecule has 1 amide bonds. The van der Waals surface area contributed by atoms with Gasteiger partial charge in [-0.3, -0.25) is 9.78 Å². The highest BCUT2D eigenvalue weighted by molar-refractivity contribution is 5.83. The fourth-order valence-electron chi connectivity index (χ4n) is 2.63. The van der Waals surface area contributed by atoms with E-state index in [-0.39, 0.29) is 12.0 Å².